The molecule has 2 heterocycles. The first kappa shape index (κ1) is 13.6. The number of aryl methyl sites for hydroxylation is 1. The molecule has 0 aliphatic rings. The number of hydrogen-bond donors (Lipinski definition) is 1. The first-order chi connectivity index (χ1) is 10.3. The number of fused-ring (bicyclic) bond motifs is 1. The highest BCUT2D eigenvalue weighted by molar-refractivity contribution is 5.73. The number of nitrogens with one attached hydrogen (secondary N) is 1. The first-order valence-corrected chi connectivity index (χ1v) is 7.14. The third kappa shape index (κ3) is 2.90. The summed E-state index contributed by atoms with van der Waals surface area (Å²) in [5, 5.41) is 3.46. The fourth-order valence-corrected chi connectivity index (χ4v) is 2.44. The van der Waals surface area contributed by atoms with E-state index in [9.17, 15) is 0 Å². The lowest BCUT2D eigenvalue weighted by Crippen LogP contribution is -2.23. The monoisotopic (exact) mass is 278 g/mol. The van der Waals surface area contributed by atoms with Crippen molar-refractivity contribution >= 4 is 11.0 Å². The maximum atomic E-state index is 4.75. The third-order valence-electron chi connectivity index (χ3n) is 3.40. The Morgan fingerprint density at radius 3 is 2.67 bits per heavy atom. The fourth-order valence-electron chi connectivity index (χ4n) is 2.44. The lowest BCUT2D eigenvalue weighted by Gasteiger charge is -2.18. The van der Waals surface area contributed by atoms with Gasteiger partial charge in [0, 0.05) is 12.4 Å². The number of para-hydroxylation sites is 2. The van der Waals surface area contributed by atoms with E-state index < -0.39 is 0 Å². The van der Waals surface area contributed by atoms with Crippen LogP contribution in [-0.2, 0) is 0 Å². The Bertz CT molecular complexity index is 754. The van der Waals surface area contributed by atoms with Crippen LogP contribution in [0, 0.1) is 6.92 Å². The van der Waals surface area contributed by atoms with Crippen molar-refractivity contribution in [1.29, 1.82) is 0 Å². The maximum absolute atomic E-state index is 4.75. The average molecular weight is 278 g/mol. The van der Waals surface area contributed by atoms with Gasteiger partial charge in [0.05, 0.1) is 29.0 Å². The van der Waals surface area contributed by atoms with Gasteiger partial charge in [0.25, 0.3) is 0 Å². The molecular weight excluding hydrogens is 260 g/mol. The Kier molecular flexibility index (Phi) is 3.88. The Morgan fingerprint density at radius 2 is 1.90 bits per heavy atom. The number of pyridine rings is 1. The zero-order valence-electron chi connectivity index (χ0n) is 12.2. The van der Waals surface area contributed by atoms with Crippen molar-refractivity contribution in [2.75, 3.05) is 6.54 Å². The van der Waals surface area contributed by atoms with Crippen LogP contribution in [-0.4, -0.2) is 21.5 Å². The molecule has 0 amide bonds. The maximum Gasteiger partial charge on any atom is 0.0890 e. The van der Waals surface area contributed by atoms with Crippen molar-refractivity contribution < 1.29 is 0 Å². The minimum absolute atomic E-state index is 0.0134. The van der Waals surface area contributed by atoms with E-state index in [1.807, 2.05) is 49.8 Å². The van der Waals surface area contributed by atoms with Gasteiger partial charge in [-0.1, -0.05) is 25.1 Å². The number of benzene rings is 1. The molecule has 4 heteroatoms. The summed E-state index contributed by atoms with van der Waals surface area (Å²) in [7, 11) is 0. The summed E-state index contributed by atoms with van der Waals surface area (Å²) in [5.41, 5.74) is 5.01. The van der Waals surface area contributed by atoms with E-state index in [-0.39, 0.29) is 6.04 Å². The van der Waals surface area contributed by atoms with Crippen LogP contribution < -0.4 is 5.32 Å². The molecule has 0 fully saturated rings. The molecule has 1 N–H and O–H groups in total. The Morgan fingerprint density at radius 1 is 1.10 bits per heavy atom. The molecule has 2 aromatic heterocycles. The standard InChI is InChI=1S/C17H18N4/c1-3-19-17(13-8-12(2)9-18-10-13)16-11-20-14-6-4-5-7-15(14)21-16/h4-11,17,19H,3H2,1-2H3. The number of aromatic nitrogens is 3. The summed E-state index contributed by atoms with van der Waals surface area (Å²) in [6.07, 6.45) is 5.59. The van der Waals surface area contributed by atoms with E-state index in [0.29, 0.717) is 0 Å². The molecule has 21 heavy (non-hydrogen) atoms. The zero-order chi connectivity index (χ0) is 14.7. The van der Waals surface area contributed by atoms with Gasteiger partial charge < -0.3 is 5.32 Å². The molecule has 0 bridgehead atoms. The van der Waals surface area contributed by atoms with Gasteiger partial charge in [0.1, 0.15) is 0 Å². The van der Waals surface area contributed by atoms with Gasteiger partial charge in [-0.3, -0.25) is 9.97 Å². The SMILES string of the molecule is CCNC(c1cncc(C)c1)c1cnc2ccccc2n1. The summed E-state index contributed by atoms with van der Waals surface area (Å²) in [4.78, 5) is 13.5. The number of rotatable bonds is 4. The molecule has 0 radical (unpaired) electrons. The van der Waals surface area contributed by atoms with Gasteiger partial charge in [0.15, 0.2) is 0 Å². The number of nitrogens with zero attached hydrogens (tertiary/aromatic N) is 3. The predicted octanol–water partition coefficient (Wildman–Crippen LogP) is 3.03. The van der Waals surface area contributed by atoms with Crippen molar-refractivity contribution in [3.63, 3.8) is 0 Å². The topological polar surface area (TPSA) is 50.7 Å². The summed E-state index contributed by atoms with van der Waals surface area (Å²) >= 11 is 0. The average Bonchev–Trinajstić information content (AvgIpc) is 2.52. The lowest BCUT2D eigenvalue weighted by molar-refractivity contribution is 0.613. The largest absolute Gasteiger partial charge is 0.305 e. The van der Waals surface area contributed by atoms with E-state index in [1.165, 1.54) is 0 Å². The molecule has 1 aromatic carbocycles. The summed E-state index contributed by atoms with van der Waals surface area (Å²) in [5.74, 6) is 0. The molecule has 4 nitrogen and oxygen atoms in total. The first-order valence-electron chi connectivity index (χ1n) is 7.14. The second-order valence-corrected chi connectivity index (χ2v) is 5.07. The molecule has 3 aromatic rings. The van der Waals surface area contributed by atoms with E-state index in [4.69, 9.17) is 4.98 Å². The van der Waals surface area contributed by atoms with Crippen molar-refractivity contribution in [2.24, 2.45) is 0 Å². The number of hydrogen-bond acceptors (Lipinski definition) is 4. The fraction of sp³-hybridized carbons (Fsp3) is 0.235. The highest BCUT2D eigenvalue weighted by atomic mass is 15.0. The minimum atomic E-state index is 0.0134. The van der Waals surface area contributed by atoms with Gasteiger partial charge in [-0.2, -0.15) is 0 Å². The summed E-state index contributed by atoms with van der Waals surface area (Å²) in [6.45, 7) is 4.99. The van der Waals surface area contributed by atoms with E-state index in [2.05, 4.69) is 28.3 Å². The minimum Gasteiger partial charge on any atom is -0.305 e. The van der Waals surface area contributed by atoms with Crippen LogP contribution in [0.2, 0.25) is 0 Å². The van der Waals surface area contributed by atoms with Gasteiger partial charge in [0.2, 0.25) is 0 Å². The van der Waals surface area contributed by atoms with Gasteiger partial charge in [-0.05, 0) is 36.7 Å². The van der Waals surface area contributed by atoms with Gasteiger partial charge in [-0.15, -0.1) is 0 Å². The molecule has 0 aliphatic heterocycles. The predicted molar refractivity (Wildman–Crippen MR) is 84.0 cm³/mol. The van der Waals surface area contributed by atoms with Crippen molar-refractivity contribution in [2.45, 2.75) is 19.9 Å². The van der Waals surface area contributed by atoms with Crippen molar-refractivity contribution in [3.05, 3.63) is 65.7 Å². The second kappa shape index (κ2) is 5.97. The van der Waals surface area contributed by atoms with Crippen LogP contribution in [0.1, 0.15) is 29.8 Å². The summed E-state index contributed by atoms with van der Waals surface area (Å²) < 4.78 is 0. The van der Waals surface area contributed by atoms with Crippen molar-refractivity contribution in [1.82, 2.24) is 20.3 Å². The lowest BCUT2D eigenvalue weighted by atomic mass is 10.0. The molecule has 0 spiro atoms. The van der Waals surface area contributed by atoms with Gasteiger partial charge >= 0.3 is 0 Å². The van der Waals surface area contributed by atoms with Crippen LogP contribution in [0.5, 0.6) is 0 Å². The molecule has 3 rings (SSSR count). The van der Waals surface area contributed by atoms with E-state index in [0.717, 1.165) is 34.4 Å². The Hall–Kier alpha value is -2.33. The molecule has 0 saturated carbocycles. The van der Waals surface area contributed by atoms with Gasteiger partial charge in [-0.25, -0.2) is 4.98 Å². The van der Waals surface area contributed by atoms with Crippen LogP contribution in [0.25, 0.3) is 11.0 Å². The van der Waals surface area contributed by atoms with Crippen LogP contribution in [0.3, 0.4) is 0 Å². The van der Waals surface area contributed by atoms with E-state index >= 15 is 0 Å². The van der Waals surface area contributed by atoms with Crippen LogP contribution in [0.15, 0.2) is 48.9 Å². The normalized spacial score (nSPS) is 12.5. The van der Waals surface area contributed by atoms with E-state index in [1.54, 1.807) is 0 Å². The van der Waals surface area contributed by atoms with Crippen molar-refractivity contribution in [3.8, 4) is 0 Å². The highest BCUT2D eigenvalue weighted by Gasteiger charge is 2.16. The molecular formula is C17H18N4. The van der Waals surface area contributed by atoms with Crippen LogP contribution >= 0.6 is 0 Å². The molecule has 0 saturated heterocycles. The smallest absolute Gasteiger partial charge is 0.0890 e. The molecule has 1 unspecified atom stereocenters. The highest BCUT2D eigenvalue weighted by Crippen LogP contribution is 2.21. The van der Waals surface area contributed by atoms with Crippen LogP contribution in [0.4, 0.5) is 0 Å². The molecule has 0 aliphatic carbocycles. The zero-order valence-corrected chi connectivity index (χ0v) is 12.2. The summed E-state index contributed by atoms with van der Waals surface area (Å²) in [6, 6.07) is 10.1. The Balaban J connectivity index is 2.06. The molecule has 106 valence electrons. The Labute approximate surface area is 124 Å². The molecule has 1 atom stereocenters. The quantitative estimate of drug-likeness (QED) is 0.797. The third-order valence-corrected chi connectivity index (χ3v) is 3.40. The second-order valence-electron chi connectivity index (χ2n) is 5.07.